The molecule has 108 valence electrons. The summed E-state index contributed by atoms with van der Waals surface area (Å²) in [5.41, 5.74) is 5.60. The van der Waals surface area contributed by atoms with E-state index in [1.165, 1.54) is 18.2 Å². The van der Waals surface area contributed by atoms with Crippen LogP contribution in [0.2, 0.25) is 0 Å². The Morgan fingerprint density at radius 3 is 2.95 bits per heavy atom. The summed E-state index contributed by atoms with van der Waals surface area (Å²) in [6, 6.07) is 4.19. The molecule has 7 nitrogen and oxygen atoms in total. The van der Waals surface area contributed by atoms with Crippen molar-refractivity contribution in [1.29, 1.82) is 0 Å². The minimum absolute atomic E-state index is 0.0592. The average molecular weight is 278 g/mol. The maximum Gasteiger partial charge on any atom is 0.292 e. The van der Waals surface area contributed by atoms with Crippen molar-refractivity contribution in [3.05, 3.63) is 33.9 Å². The Labute approximate surface area is 116 Å². The van der Waals surface area contributed by atoms with Crippen LogP contribution >= 0.6 is 0 Å². The van der Waals surface area contributed by atoms with Gasteiger partial charge in [-0.2, -0.15) is 0 Å². The Balaban J connectivity index is 2.09. The van der Waals surface area contributed by atoms with Crippen LogP contribution in [0.25, 0.3) is 0 Å². The Morgan fingerprint density at radius 1 is 1.55 bits per heavy atom. The SMILES string of the molecule is CN1CCCC(NC(=O)c2ccc(N)c([N+](=O)[O-])c2)C1. The smallest absolute Gasteiger partial charge is 0.292 e. The maximum absolute atomic E-state index is 12.1. The molecule has 1 amide bonds. The van der Waals surface area contributed by atoms with Crippen molar-refractivity contribution >= 4 is 17.3 Å². The van der Waals surface area contributed by atoms with Gasteiger partial charge in [0, 0.05) is 24.2 Å². The minimum atomic E-state index is -0.583. The van der Waals surface area contributed by atoms with Crippen LogP contribution in [0.5, 0.6) is 0 Å². The molecular formula is C13H18N4O3. The van der Waals surface area contributed by atoms with Crippen molar-refractivity contribution in [3.8, 4) is 0 Å². The normalized spacial score (nSPS) is 19.6. The van der Waals surface area contributed by atoms with Crippen LogP contribution in [0.3, 0.4) is 0 Å². The second kappa shape index (κ2) is 5.87. The maximum atomic E-state index is 12.1. The van der Waals surface area contributed by atoms with Crippen molar-refractivity contribution in [2.75, 3.05) is 25.9 Å². The highest BCUT2D eigenvalue weighted by molar-refractivity contribution is 5.95. The van der Waals surface area contributed by atoms with Crippen LogP contribution < -0.4 is 11.1 Å². The molecule has 1 aromatic carbocycles. The summed E-state index contributed by atoms with van der Waals surface area (Å²) in [5, 5.41) is 13.7. The van der Waals surface area contributed by atoms with Crippen molar-refractivity contribution < 1.29 is 9.72 Å². The number of carbonyl (C=O) groups is 1. The fourth-order valence-corrected chi connectivity index (χ4v) is 2.40. The first-order valence-corrected chi connectivity index (χ1v) is 6.50. The number of benzene rings is 1. The number of hydrogen-bond acceptors (Lipinski definition) is 5. The summed E-state index contributed by atoms with van der Waals surface area (Å²) in [6.45, 7) is 1.82. The molecule has 0 spiro atoms. The molecule has 0 aromatic heterocycles. The van der Waals surface area contributed by atoms with Gasteiger partial charge < -0.3 is 16.0 Å². The van der Waals surface area contributed by atoms with Crippen LogP contribution in [0.15, 0.2) is 18.2 Å². The number of nitrogens with two attached hydrogens (primary N) is 1. The van der Waals surface area contributed by atoms with Crippen molar-refractivity contribution in [2.45, 2.75) is 18.9 Å². The molecule has 1 unspecified atom stereocenters. The zero-order chi connectivity index (χ0) is 14.7. The van der Waals surface area contributed by atoms with Gasteiger partial charge in [0.15, 0.2) is 0 Å². The molecule has 1 fully saturated rings. The number of hydrogen-bond donors (Lipinski definition) is 2. The van der Waals surface area contributed by atoms with Crippen LogP contribution in [0.1, 0.15) is 23.2 Å². The predicted molar refractivity (Wildman–Crippen MR) is 75.5 cm³/mol. The number of nitrogens with one attached hydrogen (secondary N) is 1. The predicted octanol–water partition coefficient (Wildman–Crippen LogP) is 1.00. The van der Waals surface area contributed by atoms with Gasteiger partial charge in [-0.05, 0) is 38.6 Å². The number of nitro groups is 1. The summed E-state index contributed by atoms with van der Waals surface area (Å²) < 4.78 is 0. The van der Waals surface area contributed by atoms with Gasteiger partial charge in [0.25, 0.3) is 11.6 Å². The molecule has 1 saturated heterocycles. The van der Waals surface area contributed by atoms with Crippen molar-refractivity contribution in [2.24, 2.45) is 0 Å². The highest BCUT2D eigenvalue weighted by atomic mass is 16.6. The third kappa shape index (κ3) is 3.24. The standard InChI is InChI=1S/C13H18N4O3/c1-16-6-2-3-10(8-16)15-13(18)9-4-5-11(14)12(7-9)17(19)20/h4-5,7,10H,2-3,6,8,14H2,1H3,(H,15,18). The van der Waals surface area contributed by atoms with Gasteiger partial charge >= 0.3 is 0 Å². The Kier molecular flexibility index (Phi) is 4.19. The molecule has 1 aliphatic heterocycles. The number of nitrogen functional groups attached to an aromatic ring is 1. The first-order valence-electron chi connectivity index (χ1n) is 6.50. The third-order valence-electron chi connectivity index (χ3n) is 3.45. The van der Waals surface area contributed by atoms with E-state index in [2.05, 4.69) is 10.2 Å². The van der Waals surface area contributed by atoms with Gasteiger partial charge in [-0.1, -0.05) is 0 Å². The van der Waals surface area contributed by atoms with E-state index in [9.17, 15) is 14.9 Å². The highest BCUT2D eigenvalue weighted by Gasteiger charge is 2.21. The molecule has 0 bridgehead atoms. The molecule has 7 heteroatoms. The number of piperidine rings is 1. The van der Waals surface area contributed by atoms with Crippen LogP contribution in [0, 0.1) is 10.1 Å². The summed E-state index contributed by atoms with van der Waals surface area (Å²) in [7, 11) is 2.01. The van der Waals surface area contributed by atoms with Crippen molar-refractivity contribution in [3.63, 3.8) is 0 Å². The summed E-state index contributed by atoms with van der Waals surface area (Å²) in [6.07, 6.45) is 1.95. The second-order valence-electron chi connectivity index (χ2n) is 5.11. The lowest BCUT2D eigenvalue weighted by atomic mass is 10.1. The lowest BCUT2D eigenvalue weighted by molar-refractivity contribution is -0.383. The Morgan fingerprint density at radius 2 is 2.30 bits per heavy atom. The molecule has 1 aromatic rings. The number of nitro benzene ring substituents is 1. The Hall–Kier alpha value is -2.15. The molecular weight excluding hydrogens is 260 g/mol. The van der Waals surface area contributed by atoms with Gasteiger partial charge in [-0.15, -0.1) is 0 Å². The average Bonchev–Trinajstić information content (AvgIpc) is 2.38. The van der Waals surface area contributed by atoms with E-state index in [1.807, 2.05) is 7.05 Å². The fourth-order valence-electron chi connectivity index (χ4n) is 2.40. The topological polar surface area (TPSA) is 102 Å². The molecule has 20 heavy (non-hydrogen) atoms. The number of amides is 1. The van der Waals surface area contributed by atoms with Crippen LogP contribution in [-0.4, -0.2) is 41.9 Å². The highest BCUT2D eigenvalue weighted by Crippen LogP contribution is 2.22. The number of nitrogens with zero attached hydrogens (tertiary/aromatic N) is 2. The summed E-state index contributed by atoms with van der Waals surface area (Å²) in [4.78, 5) is 24.5. The first-order chi connectivity index (χ1) is 9.47. The number of likely N-dealkylation sites (tertiary alicyclic amines) is 1. The van der Waals surface area contributed by atoms with E-state index in [-0.39, 0.29) is 28.9 Å². The van der Waals surface area contributed by atoms with Gasteiger partial charge in [-0.3, -0.25) is 14.9 Å². The van der Waals surface area contributed by atoms with Gasteiger partial charge in [0.2, 0.25) is 0 Å². The summed E-state index contributed by atoms with van der Waals surface area (Å²) >= 11 is 0. The molecule has 1 heterocycles. The zero-order valence-electron chi connectivity index (χ0n) is 11.3. The van der Waals surface area contributed by atoms with Crippen LogP contribution in [0.4, 0.5) is 11.4 Å². The minimum Gasteiger partial charge on any atom is -0.393 e. The summed E-state index contributed by atoms with van der Waals surface area (Å²) in [5.74, 6) is -0.298. The van der Waals surface area contributed by atoms with E-state index in [1.54, 1.807) is 0 Å². The number of anilines is 1. The number of carbonyl (C=O) groups excluding carboxylic acids is 1. The quantitative estimate of drug-likeness (QED) is 0.488. The van der Waals surface area contributed by atoms with Gasteiger partial charge in [0.05, 0.1) is 4.92 Å². The molecule has 0 saturated carbocycles. The van der Waals surface area contributed by atoms with Crippen LogP contribution in [-0.2, 0) is 0 Å². The fraction of sp³-hybridized carbons (Fsp3) is 0.462. The lowest BCUT2D eigenvalue weighted by Crippen LogP contribution is -2.46. The molecule has 0 radical (unpaired) electrons. The van der Waals surface area contributed by atoms with Crippen molar-refractivity contribution in [1.82, 2.24) is 10.2 Å². The molecule has 1 aliphatic rings. The Bertz CT molecular complexity index is 532. The molecule has 3 N–H and O–H groups in total. The lowest BCUT2D eigenvalue weighted by Gasteiger charge is -2.30. The monoisotopic (exact) mass is 278 g/mol. The third-order valence-corrected chi connectivity index (χ3v) is 3.45. The van der Waals surface area contributed by atoms with E-state index >= 15 is 0 Å². The number of likely N-dealkylation sites (N-methyl/N-ethyl adjacent to an activating group) is 1. The first kappa shape index (κ1) is 14.3. The molecule has 0 aliphatic carbocycles. The second-order valence-corrected chi connectivity index (χ2v) is 5.11. The number of rotatable bonds is 3. The van der Waals surface area contributed by atoms with E-state index in [0.717, 1.165) is 25.9 Å². The largest absolute Gasteiger partial charge is 0.393 e. The van der Waals surface area contributed by atoms with E-state index in [4.69, 9.17) is 5.73 Å². The van der Waals surface area contributed by atoms with Gasteiger partial charge in [-0.25, -0.2) is 0 Å². The van der Waals surface area contributed by atoms with E-state index < -0.39 is 4.92 Å². The molecule has 2 rings (SSSR count). The zero-order valence-corrected chi connectivity index (χ0v) is 11.3. The van der Waals surface area contributed by atoms with Gasteiger partial charge in [0.1, 0.15) is 5.69 Å². The van der Waals surface area contributed by atoms with E-state index in [0.29, 0.717) is 0 Å². The molecule has 1 atom stereocenters.